The summed E-state index contributed by atoms with van der Waals surface area (Å²) in [5, 5.41) is 7.30. The Labute approximate surface area is 162 Å². The van der Waals surface area contributed by atoms with Crippen molar-refractivity contribution in [3.8, 4) is 5.75 Å². The molecule has 0 aliphatic rings. The lowest BCUT2D eigenvalue weighted by Gasteiger charge is -2.12. The largest absolute Gasteiger partial charge is 0.494 e. The summed E-state index contributed by atoms with van der Waals surface area (Å²) in [6.07, 6.45) is 0. The van der Waals surface area contributed by atoms with Gasteiger partial charge in [-0.25, -0.2) is 4.98 Å². The third-order valence-corrected chi connectivity index (χ3v) is 4.31. The molecule has 2 aromatic carbocycles. The molecule has 3 aromatic rings. The molecule has 7 heteroatoms. The molecule has 5 nitrogen and oxygen atoms in total. The summed E-state index contributed by atoms with van der Waals surface area (Å²) in [7, 11) is 0. The van der Waals surface area contributed by atoms with E-state index in [2.05, 4.69) is 20.6 Å². The first kappa shape index (κ1) is 18.3. The van der Waals surface area contributed by atoms with Crippen molar-refractivity contribution in [1.29, 1.82) is 0 Å². The summed E-state index contributed by atoms with van der Waals surface area (Å²) < 4.78 is 5.44. The van der Waals surface area contributed by atoms with E-state index in [1.165, 1.54) is 0 Å². The average Bonchev–Trinajstić information content (AvgIpc) is 2.60. The van der Waals surface area contributed by atoms with Gasteiger partial charge in [-0.05, 0) is 50.2 Å². The average molecular weight is 389 g/mol. The van der Waals surface area contributed by atoms with Gasteiger partial charge in [0.2, 0.25) is 5.95 Å². The van der Waals surface area contributed by atoms with E-state index in [0.29, 0.717) is 34.1 Å². The summed E-state index contributed by atoms with van der Waals surface area (Å²) in [5.41, 5.74) is 2.36. The Balaban J connectivity index is 1.80. The maximum Gasteiger partial charge on any atom is 0.229 e. The van der Waals surface area contributed by atoms with Gasteiger partial charge in [0.15, 0.2) is 0 Å². The number of nitrogens with one attached hydrogen (secondary N) is 2. The van der Waals surface area contributed by atoms with Gasteiger partial charge in [0.05, 0.1) is 22.3 Å². The monoisotopic (exact) mass is 388 g/mol. The van der Waals surface area contributed by atoms with E-state index in [1.54, 1.807) is 6.07 Å². The Morgan fingerprint density at radius 1 is 1.00 bits per heavy atom. The molecule has 0 unspecified atom stereocenters. The van der Waals surface area contributed by atoms with Crippen molar-refractivity contribution >= 4 is 46.3 Å². The van der Waals surface area contributed by atoms with Gasteiger partial charge in [-0.3, -0.25) is 0 Å². The van der Waals surface area contributed by atoms with Crippen molar-refractivity contribution in [2.45, 2.75) is 13.8 Å². The fourth-order valence-electron chi connectivity index (χ4n) is 2.36. The molecule has 1 heterocycles. The highest BCUT2D eigenvalue weighted by molar-refractivity contribution is 6.43. The molecular formula is C19H18Cl2N4O. The number of hydrogen-bond donors (Lipinski definition) is 2. The number of hydrogen-bond acceptors (Lipinski definition) is 5. The summed E-state index contributed by atoms with van der Waals surface area (Å²) in [6, 6.07) is 14.9. The zero-order chi connectivity index (χ0) is 18.5. The van der Waals surface area contributed by atoms with E-state index in [1.807, 2.05) is 56.3 Å². The Kier molecular flexibility index (Phi) is 5.81. The lowest BCUT2D eigenvalue weighted by molar-refractivity contribution is 0.340. The number of ether oxygens (including phenoxy) is 1. The summed E-state index contributed by atoms with van der Waals surface area (Å²) in [6.45, 7) is 4.48. The molecular weight excluding hydrogens is 371 g/mol. The van der Waals surface area contributed by atoms with E-state index in [0.717, 1.165) is 17.1 Å². The van der Waals surface area contributed by atoms with Crippen molar-refractivity contribution in [1.82, 2.24) is 9.97 Å². The highest BCUT2D eigenvalue weighted by Crippen LogP contribution is 2.31. The van der Waals surface area contributed by atoms with Gasteiger partial charge in [-0.2, -0.15) is 4.98 Å². The Morgan fingerprint density at radius 2 is 1.77 bits per heavy atom. The van der Waals surface area contributed by atoms with Crippen LogP contribution in [0, 0.1) is 6.92 Å². The zero-order valence-electron chi connectivity index (χ0n) is 14.4. The molecule has 0 aliphatic carbocycles. The van der Waals surface area contributed by atoms with Gasteiger partial charge < -0.3 is 15.4 Å². The number of aryl methyl sites for hydroxylation is 1. The minimum absolute atomic E-state index is 0.450. The van der Waals surface area contributed by atoms with E-state index >= 15 is 0 Å². The van der Waals surface area contributed by atoms with Gasteiger partial charge in [0.1, 0.15) is 11.6 Å². The molecule has 0 atom stereocenters. The standard InChI is InChI=1S/C19H18Cl2N4O/c1-3-26-14-9-7-13(8-10-14)23-19-22-12(2)11-17(25-19)24-16-6-4-5-15(20)18(16)21/h4-11H,3H2,1-2H3,(H2,22,23,24,25). The van der Waals surface area contributed by atoms with Gasteiger partial charge in [0.25, 0.3) is 0 Å². The smallest absolute Gasteiger partial charge is 0.229 e. The first-order chi connectivity index (χ1) is 12.5. The quantitative estimate of drug-likeness (QED) is 0.543. The highest BCUT2D eigenvalue weighted by Gasteiger charge is 2.08. The minimum Gasteiger partial charge on any atom is -0.494 e. The molecule has 1 aromatic heterocycles. The van der Waals surface area contributed by atoms with Crippen molar-refractivity contribution in [3.63, 3.8) is 0 Å². The predicted octanol–water partition coefficient (Wildman–Crippen LogP) is 5.98. The van der Waals surface area contributed by atoms with Gasteiger partial charge in [0, 0.05) is 17.4 Å². The fraction of sp³-hybridized carbons (Fsp3) is 0.158. The van der Waals surface area contributed by atoms with Crippen LogP contribution in [0.3, 0.4) is 0 Å². The van der Waals surface area contributed by atoms with E-state index < -0.39 is 0 Å². The first-order valence-electron chi connectivity index (χ1n) is 8.12. The van der Waals surface area contributed by atoms with Crippen LogP contribution in [0.1, 0.15) is 12.6 Å². The van der Waals surface area contributed by atoms with Crippen LogP contribution in [0.4, 0.5) is 23.1 Å². The molecule has 0 spiro atoms. The lowest BCUT2D eigenvalue weighted by atomic mass is 10.3. The van der Waals surface area contributed by atoms with Gasteiger partial charge in [-0.15, -0.1) is 0 Å². The Bertz CT molecular complexity index is 901. The molecule has 3 rings (SSSR count). The number of aromatic nitrogens is 2. The predicted molar refractivity (Wildman–Crippen MR) is 107 cm³/mol. The summed E-state index contributed by atoms with van der Waals surface area (Å²) >= 11 is 12.3. The number of rotatable bonds is 6. The van der Waals surface area contributed by atoms with Crippen molar-refractivity contribution in [2.75, 3.05) is 17.2 Å². The van der Waals surface area contributed by atoms with Gasteiger partial charge >= 0.3 is 0 Å². The summed E-state index contributed by atoms with van der Waals surface area (Å²) in [5.74, 6) is 1.92. The number of nitrogens with zero attached hydrogens (tertiary/aromatic N) is 2. The van der Waals surface area contributed by atoms with Crippen LogP contribution < -0.4 is 15.4 Å². The molecule has 134 valence electrons. The summed E-state index contributed by atoms with van der Waals surface area (Å²) in [4.78, 5) is 8.90. The second-order valence-electron chi connectivity index (χ2n) is 5.53. The minimum atomic E-state index is 0.450. The van der Waals surface area contributed by atoms with E-state index in [4.69, 9.17) is 27.9 Å². The van der Waals surface area contributed by atoms with E-state index in [-0.39, 0.29) is 0 Å². The molecule has 0 saturated heterocycles. The normalized spacial score (nSPS) is 10.5. The molecule has 0 saturated carbocycles. The third-order valence-electron chi connectivity index (χ3n) is 3.49. The van der Waals surface area contributed by atoms with Crippen LogP contribution in [-0.4, -0.2) is 16.6 Å². The van der Waals surface area contributed by atoms with Crippen molar-refractivity contribution < 1.29 is 4.74 Å². The maximum atomic E-state index is 6.23. The topological polar surface area (TPSA) is 59.1 Å². The van der Waals surface area contributed by atoms with E-state index in [9.17, 15) is 0 Å². The Morgan fingerprint density at radius 3 is 2.50 bits per heavy atom. The first-order valence-corrected chi connectivity index (χ1v) is 8.87. The molecule has 0 amide bonds. The second-order valence-corrected chi connectivity index (χ2v) is 6.31. The van der Waals surface area contributed by atoms with Crippen molar-refractivity contribution in [3.05, 3.63) is 64.3 Å². The van der Waals surface area contributed by atoms with Crippen LogP contribution in [0.5, 0.6) is 5.75 Å². The zero-order valence-corrected chi connectivity index (χ0v) is 15.9. The van der Waals surface area contributed by atoms with Gasteiger partial charge in [-0.1, -0.05) is 29.3 Å². The van der Waals surface area contributed by atoms with Crippen LogP contribution in [0.2, 0.25) is 10.0 Å². The maximum absolute atomic E-state index is 6.23. The number of halogens is 2. The van der Waals surface area contributed by atoms with Crippen molar-refractivity contribution in [2.24, 2.45) is 0 Å². The van der Waals surface area contributed by atoms with Crippen LogP contribution in [0.15, 0.2) is 48.5 Å². The molecule has 2 N–H and O–H groups in total. The Hall–Kier alpha value is -2.50. The molecule has 0 bridgehead atoms. The molecule has 0 fully saturated rings. The molecule has 0 aliphatic heterocycles. The number of anilines is 4. The molecule has 26 heavy (non-hydrogen) atoms. The number of benzene rings is 2. The third kappa shape index (κ3) is 4.56. The molecule has 0 radical (unpaired) electrons. The SMILES string of the molecule is CCOc1ccc(Nc2nc(C)cc(Nc3cccc(Cl)c3Cl)n2)cc1. The lowest BCUT2D eigenvalue weighted by Crippen LogP contribution is -2.02. The fourth-order valence-corrected chi connectivity index (χ4v) is 2.70. The highest BCUT2D eigenvalue weighted by atomic mass is 35.5. The van der Waals surface area contributed by atoms with Crippen LogP contribution in [0.25, 0.3) is 0 Å². The second kappa shape index (κ2) is 8.25. The van der Waals surface area contributed by atoms with Crippen LogP contribution >= 0.6 is 23.2 Å². The van der Waals surface area contributed by atoms with Crippen LogP contribution in [-0.2, 0) is 0 Å².